The zero-order chi connectivity index (χ0) is 18.3. The van der Waals surface area contributed by atoms with Crippen LogP contribution in [0.4, 0.5) is 5.82 Å². The SMILES string of the molecule is CNc1cc2c(nn1)CCN(C(=O)c1ccc3nc(C)c(C)nc3c1)C2. The van der Waals surface area contributed by atoms with Crippen LogP contribution in [-0.2, 0) is 13.0 Å². The number of carbonyl (C=O) groups is 1. The molecular formula is C19H20N6O. The number of hydrogen-bond donors (Lipinski definition) is 1. The molecule has 0 aliphatic carbocycles. The van der Waals surface area contributed by atoms with Gasteiger partial charge in [-0.3, -0.25) is 4.79 Å². The summed E-state index contributed by atoms with van der Waals surface area (Å²) in [6.07, 6.45) is 0.712. The fraction of sp³-hybridized carbons (Fsp3) is 0.316. The summed E-state index contributed by atoms with van der Waals surface area (Å²) in [7, 11) is 1.81. The molecule has 3 aromatic rings. The topological polar surface area (TPSA) is 83.9 Å². The quantitative estimate of drug-likeness (QED) is 0.765. The number of rotatable bonds is 2. The van der Waals surface area contributed by atoms with E-state index in [1.54, 1.807) is 0 Å². The molecule has 0 saturated carbocycles. The van der Waals surface area contributed by atoms with Gasteiger partial charge in [0.25, 0.3) is 5.91 Å². The van der Waals surface area contributed by atoms with Crippen molar-refractivity contribution in [1.82, 2.24) is 25.1 Å². The molecule has 3 heterocycles. The summed E-state index contributed by atoms with van der Waals surface area (Å²) in [6.45, 7) is 5.04. The first-order valence-electron chi connectivity index (χ1n) is 8.62. The number of nitrogens with one attached hydrogen (secondary N) is 1. The zero-order valence-electron chi connectivity index (χ0n) is 15.1. The Morgan fingerprint density at radius 1 is 1.08 bits per heavy atom. The van der Waals surface area contributed by atoms with Crippen LogP contribution in [0.2, 0.25) is 0 Å². The van der Waals surface area contributed by atoms with Gasteiger partial charge in [-0.1, -0.05) is 0 Å². The maximum absolute atomic E-state index is 13.0. The molecule has 0 radical (unpaired) electrons. The van der Waals surface area contributed by atoms with Crippen molar-refractivity contribution in [2.45, 2.75) is 26.8 Å². The molecule has 1 aliphatic heterocycles. The first-order valence-corrected chi connectivity index (χ1v) is 8.62. The predicted octanol–water partition coefficient (Wildman–Crippen LogP) is 2.28. The van der Waals surface area contributed by atoms with Gasteiger partial charge in [-0.15, -0.1) is 5.10 Å². The van der Waals surface area contributed by atoms with Crippen LogP contribution >= 0.6 is 0 Å². The highest BCUT2D eigenvalue weighted by molar-refractivity contribution is 5.97. The van der Waals surface area contributed by atoms with Crippen molar-refractivity contribution in [3.8, 4) is 0 Å². The van der Waals surface area contributed by atoms with Crippen molar-refractivity contribution in [3.05, 3.63) is 52.5 Å². The van der Waals surface area contributed by atoms with E-state index in [1.165, 1.54) is 0 Å². The lowest BCUT2D eigenvalue weighted by atomic mass is 10.0. The van der Waals surface area contributed by atoms with E-state index in [1.807, 2.05) is 50.1 Å². The lowest BCUT2D eigenvalue weighted by Gasteiger charge is -2.28. The Morgan fingerprint density at radius 2 is 1.85 bits per heavy atom. The third kappa shape index (κ3) is 2.85. The molecule has 132 valence electrons. The molecule has 1 N–H and O–H groups in total. The highest BCUT2D eigenvalue weighted by Gasteiger charge is 2.23. The Labute approximate surface area is 151 Å². The number of fused-ring (bicyclic) bond motifs is 2. The Kier molecular flexibility index (Phi) is 3.99. The number of carbonyl (C=O) groups excluding carboxylic acids is 1. The predicted molar refractivity (Wildman–Crippen MR) is 99.0 cm³/mol. The molecule has 7 heteroatoms. The van der Waals surface area contributed by atoms with E-state index >= 15 is 0 Å². The van der Waals surface area contributed by atoms with Gasteiger partial charge in [0.1, 0.15) is 5.82 Å². The molecule has 1 aromatic carbocycles. The monoisotopic (exact) mass is 348 g/mol. The van der Waals surface area contributed by atoms with Crippen molar-refractivity contribution in [2.75, 3.05) is 18.9 Å². The Hall–Kier alpha value is -3.09. The third-order valence-electron chi connectivity index (χ3n) is 4.81. The normalized spacial score (nSPS) is 13.6. The minimum atomic E-state index is 0.000368. The fourth-order valence-electron chi connectivity index (χ4n) is 3.17. The average molecular weight is 348 g/mol. The number of aryl methyl sites for hydroxylation is 2. The second-order valence-corrected chi connectivity index (χ2v) is 6.53. The van der Waals surface area contributed by atoms with Gasteiger partial charge >= 0.3 is 0 Å². The van der Waals surface area contributed by atoms with Gasteiger partial charge in [-0.25, -0.2) is 9.97 Å². The molecule has 0 bridgehead atoms. The van der Waals surface area contributed by atoms with E-state index in [-0.39, 0.29) is 5.91 Å². The number of benzene rings is 1. The molecule has 0 spiro atoms. The summed E-state index contributed by atoms with van der Waals surface area (Å²) in [6, 6.07) is 7.48. The van der Waals surface area contributed by atoms with Crippen LogP contribution in [0.15, 0.2) is 24.3 Å². The highest BCUT2D eigenvalue weighted by atomic mass is 16.2. The largest absolute Gasteiger partial charge is 0.372 e. The van der Waals surface area contributed by atoms with Crippen LogP contribution < -0.4 is 5.32 Å². The van der Waals surface area contributed by atoms with Gasteiger partial charge in [0.05, 0.1) is 28.1 Å². The van der Waals surface area contributed by atoms with E-state index in [0.717, 1.165) is 33.7 Å². The van der Waals surface area contributed by atoms with E-state index in [0.29, 0.717) is 30.9 Å². The van der Waals surface area contributed by atoms with Gasteiger partial charge in [0.15, 0.2) is 0 Å². The number of nitrogens with zero attached hydrogens (tertiary/aromatic N) is 5. The number of anilines is 1. The first-order chi connectivity index (χ1) is 12.5. The van der Waals surface area contributed by atoms with Crippen LogP contribution in [0.1, 0.15) is 33.0 Å². The maximum Gasteiger partial charge on any atom is 0.254 e. The molecule has 1 aliphatic rings. The van der Waals surface area contributed by atoms with Crippen molar-refractivity contribution >= 4 is 22.8 Å². The summed E-state index contributed by atoms with van der Waals surface area (Å²) in [4.78, 5) is 23.9. The van der Waals surface area contributed by atoms with Crippen LogP contribution in [0.25, 0.3) is 11.0 Å². The molecule has 26 heavy (non-hydrogen) atoms. The molecule has 2 aromatic heterocycles. The first kappa shape index (κ1) is 16.4. The molecule has 0 atom stereocenters. The van der Waals surface area contributed by atoms with E-state index < -0.39 is 0 Å². The van der Waals surface area contributed by atoms with Gasteiger partial charge in [-0.05, 0) is 43.7 Å². The van der Waals surface area contributed by atoms with E-state index in [4.69, 9.17) is 0 Å². The zero-order valence-corrected chi connectivity index (χ0v) is 15.1. The minimum absolute atomic E-state index is 0.000368. The maximum atomic E-state index is 13.0. The Bertz CT molecular complexity index is 1020. The Balaban J connectivity index is 1.63. The van der Waals surface area contributed by atoms with Crippen molar-refractivity contribution in [2.24, 2.45) is 0 Å². The van der Waals surface area contributed by atoms with Crippen LogP contribution in [0.5, 0.6) is 0 Å². The summed E-state index contributed by atoms with van der Waals surface area (Å²) in [5.74, 6) is 0.713. The van der Waals surface area contributed by atoms with Gasteiger partial charge in [-0.2, -0.15) is 5.10 Å². The number of aromatic nitrogens is 4. The average Bonchev–Trinajstić information content (AvgIpc) is 2.67. The van der Waals surface area contributed by atoms with Crippen molar-refractivity contribution in [3.63, 3.8) is 0 Å². The molecule has 0 saturated heterocycles. The lowest BCUT2D eigenvalue weighted by Crippen LogP contribution is -2.36. The number of amides is 1. The summed E-state index contributed by atoms with van der Waals surface area (Å²) >= 11 is 0. The molecular weight excluding hydrogens is 328 g/mol. The lowest BCUT2D eigenvalue weighted by molar-refractivity contribution is 0.0733. The summed E-state index contributed by atoms with van der Waals surface area (Å²) in [5, 5.41) is 11.3. The molecule has 1 amide bonds. The standard InChI is InChI=1S/C19H20N6O/c1-11-12(2)22-17-8-13(4-5-16(17)21-11)19(26)25-7-6-15-14(10-25)9-18(20-3)24-23-15/h4-5,8-9H,6-7,10H2,1-3H3,(H,20,24). The van der Waals surface area contributed by atoms with Crippen molar-refractivity contribution in [1.29, 1.82) is 0 Å². The van der Waals surface area contributed by atoms with Gasteiger partial charge in [0, 0.05) is 32.1 Å². The fourth-order valence-corrected chi connectivity index (χ4v) is 3.17. The van der Waals surface area contributed by atoms with Crippen LogP contribution in [-0.4, -0.2) is 44.6 Å². The van der Waals surface area contributed by atoms with Crippen molar-refractivity contribution < 1.29 is 4.79 Å². The second-order valence-electron chi connectivity index (χ2n) is 6.53. The Morgan fingerprint density at radius 3 is 2.62 bits per heavy atom. The van der Waals surface area contributed by atoms with Crippen LogP contribution in [0.3, 0.4) is 0 Å². The third-order valence-corrected chi connectivity index (χ3v) is 4.81. The highest BCUT2D eigenvalue weighted by Crippen LogP contribution is 2.22. The summed E-state index contributed by atoms with van der Waals surface area (Å²) in [5.41, 5.74) is 5.98. The molecule has 0 fully saturated rings. The number of hydrogen-bond acceptors (Lipinski definition) is 6. The molecule has 7 nitrogen and oxygen atoms in total. The van der Waals surface area contributed by atoms with Crippen LogP contribution in [0, 0.1) is 13.8 Å². The molecule has 4 rings (SSSR count). The smallest absolute Gasteiger partial charge is 0.254 e. The summed E-state index contributed by atoms with van der Waals surface area (Å²) < 4.78 is 0. The van der Waals surface area contributed by atoms with E-state index in [2.05, 4.69) is 25.5 Å². The van der Waals surface area contributed by atoms with E-state index in [9.17, 15) is 4.79 Å². The minimum Gasteiger partial charge on any atom is -0.372 e. The second kappa shape index (κ2) is 6.33. The van der Waals surface area contributed by atoms with Gasteiger partial charge < -0.3 is 10.2 Å². The van der Waals surface area contributed by atoms with Gasteiger partial charge in [0.2, 0.25) is 0 Å². The molecule has 0 unspecified atom stereocenters.